The molecule has 0 saturated carbocycles. The Hall–Kier alpha value is -1.69. The molecule has 1 aromatic rings. The van der Waals surface area contributed by atoms with Crippen molar-refractivity contribution in [1.82, 2.24) is 19.7 Å². The Morgan fingerprint density at radius 1 is 1.35 bits per heavy atom. The van der Waals surface area contributed by atoms with E-state index in [0.717, 1.165) is 44.0 Å². The largest absolute Gasteiger partial charge is 0.377 e. The molecule has 0 radical (unpaired) electrons. The molecule has 2 heterocycles. The second-order valence-electron chi connectivity index (χ2n) is 6.54. The van der Waals surface area contributed by atoms with Gasteiger partial charge in [-0.2, -0.15) is 0 Å². The third kappa shape index (κ3) is 3.63. The third-order valence-corrected chi connectivity index (χ3v) is 4.84. The molecule has 0 unspecified atom stereocenters. The number of hydrogen-bond donors (Lipinski definition) is 0. The first-order valence-corrected chi connectivity index (χ1v) is 8.56. The van der Waals surface area contributed by atoms with Crippen molar-refractivity contribution in [3.8, 4) is 0 Å². The van der Waals surface area contributed by atoms with Gasteiger partial charge in [0.1, 0.15) is 12.4 Å². The Morgan fingerprint density at radius 3 is 2.96 bits per heavy atom. The van der Waals surface area contributed by atoms with E-state index < -0.39 is 0 Å². The van der Waals surface area contributed by atoms with Gasteiger partial charge >= 0.3 is 0 Å². The van der Waals surface area contributed by atoms with Gasteiger partial charge in [0.25, 0.3) is 0 Å². The van der Waals surface area contributed by atoms with Gasteiger partial charge in [0, 0.05) is 39.1 Å². The molecule has 6 heteroatoms. The number of carbonyl (C=O) groups is 1. The van der Waals surface area contributed by atoms with E-state index in [1.807, 2.05) is 4.90 Å². The van der Waals surface area contributed by atoms with Crippen LogP contribution in [0.5, 0.6) is 0 Å². The highest BCUT2D eigenvalue weighted by atomic mass is 16.5. The lowest BCUT2D eigenvalue weighted by Gasteiger charge is -2.27. The lowest BCUT2D eigenvalue weighted by Crippen LogP contribution is -2.40. The molecule has 0 bridgehead atoms. The van der Waals surface area contributed by atoms with Crippen LogP contribution < -0.4 is 0 Å². The van der Waals surface area contributed by atoms with Crippen LogP contribution in [0.1, 0.15) is 50.7 Å². The van der Waals surface area contributed by atoms with Gasteiger partial charge in [-0.1, -0.05) is 11.6 Å². The van der Waals surface area contributed by atoms with Crippen molar-refractivity contribution in [3.63, 3.8) is 0 Å². The summed E-state index contributed by atoms with van der Waals surface area (Å²) >= 11 is 0. The van der Waals surface area contributed by atoms with Crippen LogP contribution in [0.3, 0.4) is 0 Å². The van der Waals surface area contributed by atoms with Gasteiger partial charge in [-0.05, 0) is 32.6 Å². The minimum atomic E-state index is 0.160. The van der Waals surface area contributed by atoms with E-state index in [9.17, 15) is 4.79 Å². The second-order valence-corrected chi connectivity index (χ2v) is 6.54. The Morgan fingerprint density at radius 2 is 2.22 bits per heavy atom. The summed E-state index contributed by atoms with van der Waals surface area (Å²) < 4.78 is 7.29. The van der Waals surface area contributed by atoms with Gasteiger partial charge in [0.05, 0.1) is 0 Å². The van der Waals surface area contributed by atoms with Crippen molar-refractivity contribution < 1.29 is 9.53 Å². The number of aromatic nitrogens is 3. The van der Waals surface area contributed by atoms with Crippen LogP contribution in [0, 0.1) is 0 Å². The number of nitrogens with zero attached hydrogens (tertiary/aromatic N) is 4. The van der Waals surface area contributed by atoms with Gasteiger partial charge in [-0.15, -0.1) is 10.2 Å². The normalized spacial score (nSPS) is 21.6. The lowest BCUT2D eigenvalue weighted by atomic mass is 9.96. The number of fused-ring (bicyclic) bond motifs is 1. The fraction of sp³-hybridized carbons (Fsp3) is 0.706. The molecular weight excluding hydrogens is 292 g/mol. The predicted molar refractivity (Wildman–Crippen MR) is 86.8 cm³/mol. The van der Waals surface area contributed by atoms with Crippen LogP contribution in [-0.2, 0) is 29.1 Å². The average molecular weight is 318 g/mol. The second kappa shape index (κ2) is 7.25. The van der Waals surface area contributed by atoms with E-state index in [1.165, 1.54) is 18.4 Å². The molecule has 1 aromatic heterocycles. The molecule has 0 N–H and O–H groups in total. The Balaban J connectivity index is 1.68. The van der Waals surface area contributed by atoms with E-state index >= 15 is 0 Å². The van der Waals surface area contributed by atoms with Crippen LogP contribution in [0.15, 0.2) is 11.6 Å². The number of rotatable bonds is 4. The van der Waals surface area contributed by atoms with E-state index in [2.05, 4.69) is 27.8 Å². The van der Waals surface area contributed by atoms with Gasteiger partial charge < -0.3 is 14.2 Å². The third-order valence-electron chi connectivity index (χ3n) is 4.84. The highest BCUT2D eigenvalue weighted by molar-refractivity contribution is 5.79. The summed E-state index contributed by atoms with van der Waals surface area (Å²) in [4.78, 5) is 14.7. The maximum Gasteiger partial charge on any atom is 0.226 e. The Bertz CT molecular complexity index is 593. The Kier molecular flexibility index (Phi) is 5.10. The summed E-state index contributed by atoms with van der Waals surface area (Å²) in [5.41, 5.74) is 1.32. The van der Waals surface area contributed by atoms with Crippen LogP contribution in [0.4, 0.5) is 0 Å². The SMILES string of the molecule is COCc1nnc2n1CCN(C(=O)CC1=CCCCC1)[C@H](C)C2. The summed E-state index contributed by atoms with van der Waals surface area (Å²) in [6.07, 6.45) is 8.27. The molecule has 2 aliphatic rings. The maximum absolute atomic E-state index is 12.7. The van der Waals surface area contributed by atoms with Crippen LogP contribution in [0.2, 0.25) is 0 Å². The number of hydrogen-bond acceptors (Lipinski definition) is 4. The molecule has 1 aliphatic carbocycles. The topological polar surface area (TPSA) is 60.3 Å². The number of methoxy groups -OCH3 is 1. The lowest BCUT2D eigenvalue weighted by molar-refractivity contribution is -0.132. The predicted octanol–water partition coefficient (Wildman–Crippen LogP) is 2.09. The van der Waals surface area contributed by atoms with Crippen molar-refractivity contribution in [2.75, 3.05) is 13.7 Å². The summed E-state index contributed by atoms with van der Waals surface area (Å²) in [5, 5.41) is 8.48. The fourth-order valence-corrected chi connectivity index (χ4v) is 3.55. The molecule has 0 aromatic carbocycles. The zero-order valence-corrected chi connectivity index (χ0v) is 14.1. The van der Waals surface area contributed by atoms with Gasteiger partial charge in [-0.3, -0.25) is 4.79 Å². The number of amides is 1. The van der Waals surface area contributed by atoms with E-state index in [-0.39, 0.29) is 11.9 Å². The molecular formula is C17H26N4O2. The van der Waals surface area contributed by atoms with Gasteiger partial charge in [-0.25, -0.2) is 0 Å². The van der Waals surface area contributed by atoms with Crippen LogP contribution in [0.25, 0.3) is 0 Å². The first kappa shape index (κ1) is 16.2. The van der Waals surface area contributed by atoms with E-state index in [4.69, 9.17) is 4.74 Å². The van der Waals surface area contributed by atoms with Crippen molar-refractivity contribution >= 4 is 5.91 Å². The quantitative estimate of drug-likeness (QED) is 0.798. The number of ether oxygens (including phenoxy) is 1. The maximum atomic E-state index is 12.7. The van der Waals surface area contributed by atoms with Gasteiger partial charge in [0.15, 0.2) is 5.82 Å². The molecule has 0 fully saturated rings. The van der Waals surface area contributed by atoms with Crippen molar-refractivity contribution in [2.45, 2.75) is 64.6 Å². The van der Waals surface area contributed by atoms with Crippen LogP contribution >= 0.6 is 0 Å². The summed E-state index contributed by atoms with van der Waals surface area (Å²) in [6, 6.07) is 0.160. The fourth-order valence-electron chi connectivity index (χ4n) is 3.55. The summed E-state index contributed by atoms with van der Waals surface area (Å²) in [5.74, 6) is 2.05. The first-order valence-electron chi connectivity index (χ1n) is 8.56. The van der Waals surface area contributed by atoms with Crippen molar-refractivity contribution in [3.05, 3.63) is 23.3 Å². The number of carbonyl (C=O) groups excluding carboxylic acids is 1. The van der Waals surface area contributed by atoms with Crippen LogP contribution in [-0.4, -0.2) is 45.3 Å². The molecule has 0 saturated heterocycles. The highest BCUT2D eigenvalue weighted by Gasteiger charge is 2.27. The monoisotopic (exact) mass is 318 g/mol. The zero-order valence-electron chi connectivity index (χ0n) is 14.1. The molecule has 126 valence electrons. The molecule has 1 amide bonds. The van der Waals surface area contributed by atoms with Gasteiger partial charge in [0.2, 0.25) is 5.91 Å². The molecule has 23 heavy (non-hydrogen) atoms. The van der Waals surface area contributed by atoms with Crippen molar-refractivity contribution in [2.24, 2.45) is 0 Å². The highest BCUT2D eigenvalue weighted by Crippen LogP contribution is 2.23. The molecule has 0 spiro atoms. The smallest absolute Gasteiger partial charge is 0.226 e. The van der Waals surface area contributed by atoms with Crippen molar-refractivity contribution in [1.29, 1.82) is 0 Å². The zero-order chi connectivity index (χ0) is 16.2. The molecule has 3 rings (SSSR count). The summed E-state index contributed by atoms with van der Waals surface area (Å²) in [7, 11) is 1.66. The minimum absolute atomic E-state index is 0.160. The van der Waals surface area contributed by atoms with E-state index in [1.54, 1.807) is 7.11 Å². The standard InChI is InChI=1S/C17H26N4O2/c1-13-10-15-18-19-16(12-23-2)21(15)9-8-20(13)17(22)11-14-6-4-3-5-7-14/h6,13H,3-5,7-12H2,1-2H3/t13-/m1/s1. The minimum Gasteiger partial charge on any atom is -0.377 e. The average Bonchev–Trinajstić information content (AvgIpc) is 2.82. The number of allylic oxidation sites excluding steroid dienone is 1. The molecule has 1 aliphatic heterocycles. The summed E-state index contributed by atoms with van der Waals surface area (Å²) in [6.45, 7) is 4.03. The van der Waals surface area contributed by atoms with E-state index in [0.29, 0.717) is 13.0 Å². The molecule has 6 nitrogen and oxygen atoms in total. The Labute approximate surface area is 137 Å². The molecule has 1 atom stereocenters. The first-order chi connectivity index (χ1) is 11.2.